The molecule has 1 aliphatic rings. The third kappa shape index (κ3) is 5.35. The smallest absolute Gasteiger partial charge is 0.244 e. The average Bonchev–Trinajstić information content (AvgIpc) is 3.15. The standard InChI is InChI=1S/C20H24N2O5/c1-2-25-17-6-3-15(4-7-17)12-22(10-9-20(23)21-24)13-16-5-8-18-19(11-16)27-14-26-18/h3-8,11,24H,2,9-10,12-14H2,1H3,(H,21,23). The van der Waals surface area contributed by atoms with Gasteiger partial charge in [-0.15, -0.1) is 0 Å². The fraction of sp³-hybridized carbons (Fsp3) is 0.350. The molecule has 0 aliphatic carbocycles. The predicted molar refractivity (Wildman–Crippen MR) is 98.8 cm³/mol. The summed E-state index contributed by atoms with van der Waals surface area (Å²) in [6, 6.07) is 13.8. The van der Waals surface area contributed by atoms with E-state index in [4.69, 9.17) is 19.4 Å². The fourth-order valence-electron chi connectivity index (χ4n) is 2.94. The lowest BCUT2D eigenvalue weighted by Crippen LogP contribution is -2.29. The first-order valence-electron chi connectivity index (χ1n) is 8.93. The molecule has 0 atom stereocenters. The van der Waals surface area contributed by atoms with Crippen molar-refractivity contribution in [3.8, 4) is 17.2 Å². The maximum Gasteiger partial charge on any atom is 0.244 e. The summed E-state index contributed by atoms with van der Waals surface area (Å²) in [4.78, 5) is 13.6. The Balaban J connectivity index is 1.68. The predicted octanol–water partition coefficient (Wildman–Crippen LogP) is 2.71. The number of hydrogen-bond acceptors (Lipinski definition) is 6. The molecule has 1 amide bonds. The zero-order chi connectivity index (χ0) is 19.1. The molecule has 2 aromatic rings. The first kappa shape index (κ1) is 19.0. The number of rotatable bonds is 9. The summed E-state index contributed by atoms with van der Waals surface area (Å²) in [5.74, 6) is 1.92. The number of hydrogen-bond donors (Lipinski definition) is 2. The molecular formula is C20H24N2O5. The van der Waals surface area contributed by atoms with Crippen LogP contribution in [-0.4, -0.2) is 36.0 Å². The Hall–Kier alpha value is -2.77. The van der Waals surface area contributed by atoms with Gasteiger partial charge in [-0.1, -0.05) is 18.2 Å². The van der Waals surface area contributed by atoms with Gasteiger partial charge in [-0.2, -0.15) is 0 Å². The van der Waals surface area contributed by atoms with E-state index < -0.39 is 5.91 Å². The second kappa shape index (κ2) is 9.25. The quantitative estimate of drug-likeness (QED) is 0.520. The van der Waals surface area contributed by atoms with Gasteiger partial charge >= 0.3 is 0 Å². The van der Waals surface area contributed by atoms with E-state index in [0.717, 1.165) is 28.4 Å². The van der Waals surface area contributed by atoms with Crippen LogP contribution in [0.4, 0.5) is 0 Å². The number of fused-ring (bicyclic) bond motifs is 1. The van der Waals surface area contributed by atoms with Gasteiger partial charge in [0, 0.05) is 26.1 Å². The van der Waals surface area contributed by atoms with Crippen molar-refractivity contribution >= 4 is 5.91 Å². The van der Waals surface area contributed by atoms with Crippen LogP contribution < -0.4 is 19.7 Å². The molecule has 0 saturated heterocycles. The minimum atomic E-state index is -0.405. The molecule has 144 valence electrons. The molecule has 0 fully saturated rings. The summed E-state index contributed by atoms with van der Waals surface area (Å²) >= 11 is 0. The lowest BCUT2D eigenvalue weighted by molar-refractivity contribution is -0.129. The molecule has 0 radical (unpaired) electrons. The van der Waals surface area contributed by atoms with Gasteiger partial charge in [0.05, 0.1) is 6.61 Å². The summed E-state index contributed by atoms with van der Waals surface area (Å²) in [7, 11) is 0. The second-order valence-electron chi connectivity index (χ2n) is 6.26. The molecule has 0 spiro atoms. The summed E-state index contributed by atoms with van der Waals surface area (Å²) in [5, 5.41) is 8.75. The minimum Gasteiger partial charge on any atom is -0.494 e. The van der Waals surface area contributed by atoms with E-state index in [9.17, 15) is 4.79 Å². The molecule has 3 rings (SSSR count). The number of amides is 1. The van der Waals surface area contributed by atoms with Crippen molar-refractivity contribution in [2.75, 3.05) is 19.9 Å². The number of nitrogens with zero attached hydrogens (tertiary/aromatic N) is 1. The lowest BCUT2D eigenvalue weighted by Gasteiger charge is -2.22. The minimum absolute atomic E-state index is 0.206. The van der Waals surface area contributed by atoms with Crippen molar-refractivity contribution in [1.82, 2.24) is 10.4 Å². The molecule has 0 bridgehead atoms. The summed E-state index contributed by atoms with van der Waals surface area (Å²) in [6.45, 7) is 4.64. The van der Waals surface area contributed by atoms with Crippen molar-refractivity contribution in [1.29, 1.82) is 0 Å². The number of benzene rings is 2. The van der Waals surface area contributed by atoms with Crippen LogP contribution in [-0.2, 0) is 17.9 Å². The number of carbonyl (C=O) groups is 1. The number of nitrogens with one attached hydrogen (secondary N) is 1. The van der Waals surface area contributed by atoms with Gasteiger partial charge in [0.15, 0.2) is 11.5 Å². The number of hydroxylamine groups is 1. The van der Waals surface area contributed by atoms with E-state index in [1.165, 1.54) is 0 Å². The van der Waals surface area contributed by atoms with E-state index >= 15 is 0 Å². The highest BCUT2D eigenvalue weighted by Gasteiger charge is 2.15. The molecule has 1 heterocycles. The molecule has 0 saturated carbocycles. The molecule has 1 aliphatic heterocycles. The van der Waals surface area contributed by atoms with Crippen LogP contribution in [0.5, 0.6) is 17.2 Å². The number of carbonyl (C=O) groups excluding carboxylic acids is 1. The van der Waals surface area contributed by atoms with Crippen LogP contribution in [0.3, 0.4) is 0 Å². The van der Waals surface area contributed by atoms with Crippen molar-refractivity contribution in [3.05, 3.63) is 53.6 Å². The molecule has 0 aromatic heterocycles. The third-order valence-corrected chi connectivity index (χ3v) is 4.26. The molecule has 7 nitrogen and oxygen atoms in total. The highest BCUT2D eigenvalue weighted by molar-refractivity contribution is 5.74. The molecule has 0 unspecified atom stereocenters. The average molecular weight is 372 g/mol. The third-order valence-electron chi connectivity index (χ3n) is 4.26. The Morgan fingerprint density at radius 1 is 1.11 bits per heavy atom. The van der Waals surface area contributed by atoms with Crippen LogP contribution in [0.1, 0.15) is 24.5 Å². The lowest BCUT2D eigenvalue weighted by atomic mass is 10.1. The second-order valence-corrected chi connectivity index (χ2v) is 6.26. The van der Waals surface area contributed by atoms with Crippen LogP contribution >= 0.6 is 0 Å². The van der Waals surface area contributed by atoms with E-state index in [2.05, 4.69) is 4.90 Å². The Labute approximate surface area is 158 Å². The van der Waals surface area contributed by atoms with E-state index in [-0.39, 0.29) is 13.2 Å². The van der Waals surface area contributed by atoms with E-state index in [1.807, 2.05) is 49.4 Å². The molecule has 7 heteroatoms. The zero-order valence-corrected chi connectivity index (χ0v) is 15.3. The highest BCUT2D eigenvalue weighted by atomic mass is 16.7. The Morgan fingerprint density at radius 2 is 1.81 bits per heavy atom. The van der Waals surface area contributed by atoms with Crippen molar-refractivity contribution < 1.29 is 24.2 Å². The maximum atomic E-state index is 11.5. The molecular weight excluding hydrogens is 348 g/mol. The molecule has 2 N–H and O–H groups in total. The first-order chi connectivity index (χ1) is 13.2. The van der Waals surface area contributed by atoms with E-state index in [0.29, 0.717) is 26.2 Å². The first-order valence-corrected chi connectivity index (χ1v) is 8.93. The molecule has 27 heavy (non-hydrogen) atoms. The van der Waals surface area contributed by atoms with Crippen molar-refractivity contribution in [3.63, 3.8) is 0 Å². The number of ether oxygens (including phenoxy) is 3. The SMILES string of the molecule is CCOc1ccc(CN(CCC(=O)NO)Cc2ccc3c(c2)OCO3)cc1. The van der Waals surface area contributed by atoms with Crippen LogP contribution in [0.15, 0.2) is 42.5 Å². The van der Waals surface area contributed by atoms with Crippen LogP contribution in [0, 0.1) is 0 Å². The van der Waals surface area contributed by atoms with Crippen molar-refractivity contribution in [2.24, 2.45) is 0 Å². The fourth-order valence-corrected chi connectivity index (χ4v) is 2.94. The van der Waals surface area contributed by atoms with E-state index in [1.54, 1.807) is 5.48 Å². The Morgan fingerprint density at radius 3 is 2.56 bits per heavy atom. The van der Waals surface area contributed by atoms with Crippen LogP contribution in [0.2, 0.25) is 0 Å². The summed E-state index contributed by atoms with van der Waals surface area (Å²) in [6.07, 6.45) is 0.206. The van der Waals surface area contributed by atoms with Gasteiger partial charge in [0.25, 0.3) is 0 Å². The monoisotopic (exact) mass is 372 g/mol. The van der Waals surface area contributed by atoms with Gasteiger partial charge in [-0.3, -0.25) is 14.9 Å². The zero-order valence-electron chi connectivity index (χ0n) is 15.3. The van der Waals surface area contributed by atoms with Gasteiger partial charge < -0.3 is 14.2 Å². The summed E-state index contributed by atoms with van der Waals surface area (Å²) < 4.78 is 16.3. The Bertz CT molecular complexity index is 763. The topological polar surface area (TPSA) is 80.3 Å². The summed E-state index contributed by atoms with van der Waals surface area (Å²) in [5.41, 5.74) is 3.86. The van der Waals surface area contributed by atoms with Gasteiger partial charge in [-0.05, 0) is 42.3 Å². The van der Waals surface area contributed by atoms with Gasteiger partial charge in [0.1, 0.15) is 5.75 Å². The maximum absolute atomic E-state index is 11.5. The van der Waals surface area contributed by atoms with Crippen LogP contribution in [0.25, 0.3) is 0 Å². The van der Waals surface area contributed by atoms with Gasteiger partial charge in [0.2, 0.25) is 12.7 Å². The van der Waals surface area contributed by atoms with Gasteiger partial charge in [-0.25, -0.2) is 5.48 Å². The largest absolute Gasteiger partial charge is 0.494 e. The highest BCUT2D eigenvalue weighted by Crippen LogP contribution is 2.33. The van der Waals surface area contributed by atoms with Crippen molar-refractivity contribution in [2.45, 2.75) is 26.4 Å². The molecule has 2 aromatic carbocycles. The normalized spacial score (nSPS) is 12.3. The Kier molecular flexibility index (Phi) is 6.51.